The first-order valence-electron chi connectivity index (χ1n) is 39.8. The Bertz CT molecular complexity index is 2410. The average molecular weight is 1470 g/mol. The molecule has 5 unspecified atom stereocenters. The summed E-state index contributed by atoms with van der Waals surface area (Å²) >= 11 is 0. The standard InChI is InChI=1S/C83H142O17P2/c1-5-9-13-17-21-25-29-33-36-37-38-39-42-45-48-52-56-60-64-68-81(86)94-73-78(99-82(87)69-65-61-57-53-49-43-32-28-24-20-16-12-8-4)75-97-101(89,90)95-71-77(84)72-96-102(91,92)98-76-79(100-83(88)70-66-62-58-54-50-46-41-35-31-27-23-19-15-11-7-3)74-93-80(85)67-63-59-55-51-47-44-40-34-30-26-22-18-14-10-6-2/h10,14,21-23,25-27,33-36,38-41,47,51,59,63,77-79,84H,5-9,11-13,15-20,24,28-32,37,42-46,48-50,52-58,60-62,64-76H2,1-4H3,(H,89,90)(H,91,92)/b14-10-,25-21-,26-22-,27-23-,36-33-,39-38-,40-34-,41-35-,51-47-,63-59-. The molecule has 0 rings (SSSR count). The lowest BCUT2D eigenvalue weighted by molar-refractivity contribution is -0.161. The van der Waals surface area contributed by atoms with Crippen molar-refractivity contribution in [3.63, 3.8) is 0 Å². The molecule has 0 saturated heterocycles. The Morgan fingerprint density at radius 2 is 0.549 bits per heavy atom. The first kappa shape index (κ1) is 97.5. The van der Waals surface area contributed by atoms with Crippen LogP contribution in [0.5, 0.6) is 0 Å². The van der Waals surface area contributed by atoms with Gasteiger partial charge in [0.25, 0.3) is 0 Å². The molecule has 5 atom stereocenters. The number of phosphoric acid groups is 2. The highest BCUT2D eigenvalue weighted by Gasteiger charge is 2.30. The molecule has 0 fully saturated rings. The van der Waals surface area contributed by atoms with Crippen molar-refractivity contribution >= 4 is 39.5 Å². The molecule has 586 valence electrons. The highest BCUT2D eigenvalue weighted by atomic mass is 31.2. The van der Waals surface area contributed by atoms with Gasteiger partial charge in [-0.3, -0.25) is 37.3 Å². The van der Waals surface area contributed by atoms with Crippen molar-refractivity contribution in [2.75, 3.05) is 39.6 Å². The van der Waals surface area contributed by atoms with Gasteiger partial charge in [-0.05, 0) is 122 Å². The molecule has 0 aliphatic heterocycles. The van der Waals surface area contributed by atoms with Gasteiger partial charge in [0.1, 0.15) is 19.3 Å². The van der Waals surface area contributed by atoms with E-state index in [1.807, 2.05) is 18.2 Å². The first-order valence-corrected chi connectivity index (χ1v) is 42.8. The van der Waals surface area contributed by atoms with Crippen molar-refractivity contribution in [1.29, 1.82) is 0 Å². The molecule has 0 aliphatic rings. The molecule has 17 nitrogen and oxygen atoms in total. The van der Waals surface area contributed by atoms with E-state index in [2.05, 4.69) is 125 Å². The second kappa shape index (κ2) is 74.7. The zero-order chi connectivity index (χ0) is 74.6. The van der Waals surface area contributed by atoms with E-state index < -0.39 is 97.5 Å². The van der Waals surface area contributed by atoms with E-state index in [9.17, 15) is 43.2 Å². The molecule has 0 amide bonds. The molecular formula is C83H142O17P2. The van der Waals surface area contributed by atoms with Crippen LogP contribution in [0.15, 0.2) is 122 Å². The van der Waals surface area contributed by atoms with Gasteiger partial charge in [-0.15, -0.1) is 0 Å². The molecule has 3 N–H and O–H groups in total. The van der Waals surface area contributed by atoms with Gasteiger partial charge in [0.2, 0.25) is 0 Å². The number of ether oxygens (including phenoxy) is 4. The number of unbranched alkanes of at least 4 members (excludes halogenated alkanes) is 29. The smallest absolute Gasteiger partial charge is 0.462 e. The maximum absolute atomic E-state index is 13.1. The summed E-state index contributed by atoms with van der Waals surface area (Å²) in [6.45, 7) is 4.58. The molecule has 0 radical (unpaired) electrons. The van der Waals surface area contributed by atoms with E-state index >= 15 is 0 Å². The van der Waals surface area contributed by atoms with Crippen molar-refractivity contribution in [3.05, 3.63) is 122 Å². The van der Waals surface area contributed by atoms with Crippen LogP contribution in [-0.2, 0) is 65.4 Å². The van der Waals surface area contributed by atoms with Crippen molar-refractivity contribution in [1.82, 2.24) is 0 Å². The number of hydrogen-bond acceptors (Lipinski definition) is 15. The zero-order valence-corrected chi connectivity index (χ0v) is 65.8. The van der Waals surface area contributed by atoms with Crippen LogP contribution in [0.4, 0.5) is 0 Å². The molecule has 0 bridgehead atoms. The van der Waals surface area contributed by atoms with E-state index in [0.717, 1.165) is 154 Å². The summed E-state index contributed by atoms with van der Waals surface area (Å²) in [7, 11) is -9.99. The van der Waals surface area contributed by atoms with Crippen LogP contribution in [0.2, 0.25) is 0 Å². The van der Waals surface area contributed by atoms with Gasteiger partial charge in [0.15, 0.2) is 12.2 Å². The molecule has 0 aliphatic carbocycles. The Morgan fingerprint density at radius 1 is 0.294 bits per heavy atom. The number of carbonyl (C=O) groups is 4. The third-order valence-electron chi connectivity index (χ3n) is 16.4. The topological polar surface area (TPSA) is 237 Å². The number of carbonyl (C=O) groups excluding carboxylic acids is 4. The summed E-state index contributed by atoms with van der Waals surface area (Å²) in [5, 5.41) is 10.6. The summed E-state index contributed by atoms with van der Waals surface area (Å²) in [6, 6.07) is 0. The minimum absolute atomic E-state index is 0.0578. The lowest BCUT2D eigenvalue weighted by Crippen LogP contribution is -2.30. The number of aliphatic hydroxyl groups excluding tert-OH is 1. The summed E-state index contributed by atoms with van der Waals surface area (Å²) in [4.78, 5) is 72.9. The normalized spacial score (nSPS) is 14.5. The Morgan fingerprint density at radius 3 is 0.892 bits per heavy atom. The van der Waals surface area contributed by atoms with Crippen LogP contribution >= 0.6 is 15.6 Å². The molecule has 0 aromatic carbocycles. The Kier molecular flexibility index (Phi) is 71.4. The Balaban J connectivity index is 5.41. The van der Waals surface area contributed by atoms with Crippen LogP contribution in [0.3, 0.4) is 0 Å². The number of phosphoric ester groups is 2. The molecule has 0 heterocycles. The van der Waals surface area contributed by atoms with Crippen LogP contribution < -0.4 is 0 Å². The van der Waals surface area contributed by atoms with Crippen LogP contribution in [0, 0.1) is 0 Å². The third-order valence-corrected chi connectivity index (χ3v) is 18.3. The SMILES string of the molecule is CC/C=C\C/C=C\C/C=C\C/C=C\C/C=C\CC(=O)OCC(COP(=O)(O)OCC(O)COP(=O)(O)OCC(COC(=O)CCCCCCCC/C=C\C/C=C\C/C=C\CCCCC)OC(=O)CCCCCCCCCCCCCCC)OC(=O)CCCCCCC/C=C\C/C=C\CCCCC. The second-order valence-electron chi connectivity index (χ2n) is 26.3. The number of aliphatic hydroxyl groups is 1. The van der Waals surface area contributed by atoms with Crippen LogP contribution in [0.25, 0.3) is 0 Å². The quantitative estimate of drug-likeness (QED) is 0.0169. The van der Waals surface area contributed by atoms with E-state index in [0.29, 0.717) is 25.7 Å². The first-order chi connectivity index (χ1) is 49.7. The molecule has 0 spiro atoms. The van der Waals surface area contributed by atoms with E-state index in [-0.39, 0.29) is 25.7 Å². The third kappa shape index (κ3) is 73.8. The predicted molar refractivity (Wildman–Crippen MR) is 418 cm³/mol. The average Bonchev–Trinajstić information content (AvgIpc) is 0.919. The Hall–Kier alpha value is -4.54. The van der Waals surface area contributed by atoms with Gasteiger partial charge in [0.05, 0.1) is 32.8 Å². The van der Waals surface area contributed by atoms with Gasteiger partial charge in [-0.2, -0.15) is 0 Å². The second-order valence-corrected chi connectivity index (χ2v) is 29.2. The van der Waals surface area contributed by atoms with Gasteiger partial charge in [0, 0.05) is 19.3 Å². The summed E-state index contributed by atoms with van der Waals surface area (Å²) in [5.74, 6) is -2.34. The summed E-state index contributed by atoms with van der Waals surface area (Å²) in [6.07, 6.45) is 82.0. The maximum atomic E-state index is 13.1. The number of hydrogen-bond donors (Lipinski definition) is 3. The van der Waals surface area contributed by atoms with Gasteiger partial charge in [-0.1, -0.05) is 297 Å². The molecule has 0 aromatic rings. The summed E-state index contributed by atoms with van der Waals surface area (Å²) < 4.78 is 68.4. The zero-order valence-electron chi connectivity index (χ0n) is 64.0. The molecule has 19 heteroatoms. The lowest BCUT2D eigenvalue weighted by Gasteiger charge is -2.21. The van der Waals surface area contributed by atoms with Crippen molar-refractivity contribution < 1.29 is 80.2 Å². The molecule has 102 heavy (non-hydrogen) atoms. The number of rotatable bonds is 74. The fraction of sp³-hybridized carbons (Fsp3) is 0.711. The minimum Gasteiger partial charge on any atom is -0.462 e. The fourth-order valence-electron chi connectivity index (χ4n) is 10.4. The van der Waals surface area contributed by atoms with E-state index in [4.69, 9.17) is 37.0 Å². The number of allylic oxidation sites excluding steroid dienone is 19. The lowest BCUT2D eigenvalue weighted by atomic mass is 10.0. The number of esters is 4. The molecule has 0 saturated carbocycles. The van der Waals surface area contributed by atoms with Crippen molar-refractivity contribution in [2.45, 2.75) is 341 Å². The Labute approximate surface area is 619 Å². The van der Waals surface area contributed by atoms with Gasteiger partial charge < -0.3 is 33.8 Å². The highest BCUT2D eigenvalue weighted by molar-refractivity contribution is 7.47. The van der Waals surface area contributed by atoms with Crippen molar-refractivity contribution in [3.8, 4) is 0 Å². The van der Waals surface area contributed by atoms with Crippen LogP contribution in [-0.4, -0.2) is 96.7 Å². The largest absolute Gasteiger partial charge is 0.472 e. The van der Waals surface area contributed by atoms with E-state index in [1.54, 1.807) is 6.08 Å². The molecule has 0 aromatic heterocycles. The maximum Gasteiger partial charge on any atom is 0.472 e. The monoisotopic (exact) mass is 1470 g/mol. The van der Waals surface area contributed by atoms with Crippen LogP contribution in [0.1, 0.15) is 323 Å². The highest BCUT2D eigenvalue weighted by Crippen LogP contribution is 2.45. The van der Waals surface area contributed by atoms with Gasteiger partial charge >= 0.3 is 39.5 Å². The predicted octanol–water partition coefficient (Wildman–Crippen LogP) is 23.1. The van der Waals surface area contributed by atoms with Gasteiger partial charge in [-0.25, -0.2) is 9.13 Å². The van der Waals surface area contributed by atoms with E-state index in [1.165, 1.54) is 89.9 Å². The van der Waals surface area contributed by atoms with Crippen molar-refractivity contribution in [2.24, 2.45) is 0 Å². The molecular weight excluding hydrogens is 1330 g/mol. The minimum atomic E-state index is -5.00. The summed E-state index contributed by atoms with van der Waals surface area (Å²) in [5.41, 5.74) is 0. The fourth-order valence-corrected chi connectivity index (χ4v) is 12.0.